The Hall–Kier alpha value is -7.69. The average molecular weight is 873 g/mol. The molecule has 0 aliphatic rings. The number of hydrogen-bond acceptors (Lipinski definition) is 9. The largest absolute Gasteiger partial charge is 0.506 e. The molecule has 63 heavy (non-hydrogen) atoms. The highest BCUT2D eigenvalue weighted by molar-refractivity contribution is 5.86. The van der Waals surface area contributed by atoms with E-state index in [1.165, 1.54) is 12.3 Å². The molecule has 4 aromatic heterocycles. The van der Waals surface area contributed by atoms with Crippen molar-refractivity contribution in [3.05, 3.63) is 189 Å². The number of nitrogens with one attached hydrogen (secondary N) is 1. The molecular formula is C46H36F8N6O3. The average Bonchev–Trinajstić information content (AvgIpc) is 3.24. The monoisotopic (exact) mass is 872 g/mol. The maximum Gasteiger partial charge on any atom is 0.172 e. The Kier molecular flexibility index (Phi) is 14.9. The molecule has 5 N–H and O–H groups in total. The third kappa shape index (κ3) is 11.2. The van der Waals surface area contributed by atoms with Crippen molar-refractivity contribution in [3.8, 4) is 11.5 Å². The van der Waals surface area contributed by atoms with Crippen LogP contribution >= 0.6 is 0 Å². The van der Waals surface area contributed by atoms with Gasteiger partial charge in [0.1, 0.15) is 34.2 Å². The van der Waals surface area contributed by atoms with Gasteiger partial charge in [-0.15, -0.1) is 0 Å². The maximum absolute atomic E-state index is 14.7. The first-order valence-electron chi connectivity index (χ1n) is 18.5. The molecule has 9 nitrogen and oxygen atoms in total. The third-order valence-electron chi connectivity index (χ3n) is 9.00. The van der Waals surface area contributed by atoms with Gasteiger partial charge in [-0.2, -0.15) is 0 Å². The number of aldehydes is 1. The summed E-state index contributed by atoms with van der Waals surface area (Å²) in [6, 6.07) is 21.5. The van der Waals surface area contributed by atoms with Crippen molar-refractivity contribution in [1.82, 2.24) is 19.9 Å². The van der Waals surface area contributed by atoms with E-state index >= 15 is 0 Å². The van der Waals surface area contributed by atoms with Crippen molar-refractivity contribution in [2.45, 2.75) is 33.7 Å². The number of aryl methyl sites for hydroxylation is 4. The summed E-state index contributed by atoms with van der Waals surface area (Å²) < 4.78 is 107. The highest BCUT2D eigenvalue weighted by Gasteiger charge is 2.30. The lowest BCUT2D eigenvalue weighted by atomic mass is 9.94. The Morgan fingerprint density at radius 3 is 1.63 bits per heavy atom. The van der Waals surface area contributed by atoms with Gasteiger partial charge < -0.3 is 21.3 Å². The normalized spacial score (nSPS) is 11.0. The predicted molar refractivity (Wildman–Crippen MR) is 222 cm³/mol. The van der Waals surface area contributed by atoms with Crippen LogP contribution in [-0.4, -0.2) is 36.4 Å². The third-order valence-corrected chi connectivity index (χ3v) is 9.00. The lowest BCUT2D eigenvalue weighted by Gasteiger charge is -2.23. The van der Waals surface area contributed by atoms with Crippen molar-refractivity contribution < 1.29 is 50.1 Å². The first-order valence-corrected chi connectivity index (χ1v) is 18.5. The van der Waals surface area contributed by atoms with E-state index in [1.54, 1.807) is 56.4 Å². The van der Waals surface area contributed by atoms with Gasteiger partial charge in [-0.1, -0.05) is 36.4 Å². The first kappa shape index (κ1) is 46.4. The molecule has 0 fully saturated rings. The number of pyridine rings is 4. The molecule has 0 aliphatic heterocycles. The summed E-state index contributed by atoms with van der Waals surface area (Å²) >= 11 is 0. The zero-order chi connectivity index (χ0) is 46.1. The van der Waals surface area contributed by atoms with Gasteiger partial charge in [0.25, 0.3) is 0 Å². The molecule has 0 bridgehead atoms. The van der Waals surface area contributed by atoms with E-state index < -0.39 is 63.7 Å². The van der Waals surface area contributed by atoms with Gasteiger partial charge in [0.15, 0.2) is 52.8 Å². The molecule has 0 saturated heterocycles. The molecule has 0 radical (unpaired) electrons. The number of benzene rings is 4. The van der Waals surface area contributed by atoms with E-state index in [2.05, 4.69) is 25.3 Å². The molecule has 0 spiro atoms. The lowest BCUT2D eigenvalue weighted by molar-refractivity contribution is 0.111. The Bertz CT molecular complexity index is 2890. The standard InChI is InChI=1S/C23H17F4N3O.C10H9NO.C7H2F4O.C6H8N2/c1-11-7-8-28-17(9-11)30-22(18-19(26)15(24)10-16(25)20(18)27)14-6-5-13-4-3-12(2)29-21(13)23(14)31;1-7-5-6-8-3-2-4-9(12)10(8)11-7;8-4-1-5(9)7(11)3(2-12)6(4)10;1-5-2-3-8-6(7)4-5/h3-10,22,31H,1-2H3,(H,28,30);2-6,12H,1H3;1-2H;2-4H,1H3,(H2,7,8). The first-order chi connectivity index (χ1) is 29.9. The number of aromatic hydroxyl groups is 2. The van der Waals surface area contributed by atoms with Gasteiger partial charge >= 0.3 is 0 Å². The second-order valence-electron chi connectivity index (χ2n) is 13.8. The van der Waals surface area contributed by atoms with Gasteiger partial charge in [0.05, 0.1) is 17.2 Å². The molecule has 8 rings (SSSR count). The van der Waals surface area contributed by atoms with Crippen LogP contribution in [-0.2, 0) is 0 Å². The minimum absolute atomic E-state index is 0.0169. The molecule has 324 valence electrons. The molecule has 0 aliphatic carbocycles. The van der Waals surface area contributed by atoms with Crippen LogP contribution in [0.1, 0.15) is 50.0 Å². The van der Waals surface area contributed by atoms with E-state index in [0.717, 1.165) is 22.2 Å². The number of carbonyl (C=O) groups is 1. The van der Waals surface area contributed by atoms with Crippen LogP contribution in [0.5, 0.6) is 11.5 Å². The Morgan fingerprint density at radius 2 is 1.11 bits per heavy atom. The Balaban J connectivity index is 0.000000190. The van der Waals surface area contributed by atoms with Crippen molar-refractivity contribution in [3.63, 3.8) is 0 Å². The number of phenolic OH excluding ortho intramolecular Hbond substituents is 2. The minimum atomic E-state index is -1.68. The highest BCUT2D eigenvalue weighted by atomic mass is 19.2. The predicted octanol–water partition coefficient (Wildman–Crippen LogP) is 11.0. The molecule has 17 heteroatoms. The second-order valence-corrected chi connectivity index (χ2v) is 13.8. The fraction of sp³-hybridized carbons (Fsp3) is 0.109. The van der Waals surface area contributed by atoms with Crippen molar-refractivity contribution in [1.29, 1.82) is 0 Å². The van der Waals surface area contributed by atoms with Crippen LogP contribution in [0.4, 0.5) is 46.8 Å². The molecule has 4 heterocycles. The molecule has 0 amide bonds. The van der Waals surface area contributed by atoms with E-state index in [0.29, 0.717) is 22.4 Å². The van der Waals surface area contributed by atoms with Crippen LogP contribution < -0.4 is 11.1 Å². The Labute approximate surface area is 354 Å². The summed E-state index contributed by atoms with van der Waals surface area (Å²) in [6.07, 6.45) is 2.89. The molecule has 0 saturated carbocycles. The summed E-state index contributed by atoms with van der Waals surface area (Å²) in [5.41, 5.74) is 7.53. The SMILES string of the molecule is Cc1ccc2cccc(O)c2n1.Cc1ccnc(N)c1.Cc1ccnc(NC(c2ccc3ccc(C)nc3c2O)c2c(F)c(F)cc(F)c2F)c1.O=Cc1c(F)c(F)cc(F)c1F. The van der Waals surface area contributed by atoms with Gasteiger partial charge in [-0.25, -0.2) is 55.1 Å². The maximum atomic E-state index is 14.7. The topological polar surface area (TPSA) is 147 Å². The summed E-state index contributed by atoms with van der Waals surface area (Å²) in [7, 11) is 0. The van der Waals surface area contributed by atoms with E-state index in [1.807, 2.05) is 50.2 Å². The number of anilines is 2. The molecule has 1 unspecified atom stereocenters. The van der Waals surface area contributed by atoms with E-state index in [4.69, 9.17) is 5.73 Å². The number of hydrogen-bond donors (Lipinski definition) is 4. The van der Waals surface area contributed by atoms with Crippen LogP contribution in [0.15, 0.2) is 103 Å². The number of aromatic nitrogens is 4. The number of phenols is 2. The van der Waals surface area contributed by atoms with Crippen molar-refractivity contribution >= 4 is 39.7 Å². The second kappa shape index (κ2) is 20.2. The summed E-state index contributed by atoms with van der Waals surface area (Å²) in [6.45, 7) is 7.40. The van der Waals surface area contributed by atoms with Crippen molar-refractivity contribution in [2.24, 2.45) is 0 Å². The minimum Gasteiger partial charge on any atom is -0.506 e. The summed E-state index contributed by atoms with van der Waals surface area (Å²) in [4.78, 5) is 26.4. The number of halogens is 8. The van der Waals surface area contributed by atoms with Gasteiger partial charge in [0.2, 0.25) is 0 Å². The number of rotatable bonds is 5. The molecule has 8 aromatic rings. The number of para-hydroxylation sites is 1. The fourth-order valence-electron chi connectivity index (χ4n) is 5.92. The fourth-order valence-corrected chi connectivity index (χ4v) is 5.92. The number of nitrogens with zero attached hydrogens (tertiary/aromatic N) is 4. The van der Waals surface area contributed by atoms with Crippen LogP contribution in [0, 0.1) is 74.2 Å². The highest BCUT2D eigenvalue weighted by Crippen LogP contribution is 2.39. The van der Waals surface area contributed by atoms with E-state index in [-0.39, 0.29) is 46.8 Å². The quantitative estimate of drug-likeness (QED) is 0.0754. The summed E-state index contributed by atoms with van der Waals surface area (Å²) in [5, 5.41) is 24.7. The summed E-state index contributed by atoms with van der Waals surface area (Å²) in [5.74, 6) is -12.1. The Morgan fingerprint density at radius 1 is 0.603 bits per heavy atom. The molecular weight excluding hydrogens is 837 g/mol. The van der Waals surface area contributed by atoms with E-state index in [9.17, 15) is 50.1 Å². The molecule has 4 aromatic carbocycles. The van der Waals surface area contributed by atoms with Gasteiger partial charge in [-0.05, 0) is 81.3 Å². The number of fused-ring (bicyclic) bond motifs is 2. The van der Waals surface area contributed by atoms with Gasteiger partial charge in [0, 0.05) is 52.3 Å². The smallest absolute Gasteiger partial charge is 0.172 e. The zero-order valence-electron chi connectivity index (χ0n) is 33.7. The lowest BCUT2D eigenvalue weighted by Crippen LogP contribution is -2.19. The van der Waals surface area contributed by atoms with Crippen LogP contribution in [0.3, 0.4) is 0 Å². The number of carbonyl (C=O) groups excluding carboxylic acids is 1. The zero-order valence-corrected chi connectivity index (χ0v) is 33.7. The number of nitrogens with two attached hydrogens (primary N) is 1. The molecule has 1 atom stereocenters. The van der Waals surface area contributed by atoms with Crippen LogP contribution in [0.25, 0.3) is 21.8 Å². The van der Waals surface area contributed by atoms with Crippen LogP contribution in [0.2, 0.25) is 0 Å². The van der Waals surface area contributed by atoms with Gasteiger partial charge in [-0.3, -0.25) is 4.79 Å². The number of nitrogen functional groups attached to an aromatic ring is 1. The van der Waals surface area contributed by atoms with Crippen molar-refractivity contribution in [2.75, 3.05) is 11.1 Å².